The lowest BCUT2D eigenvalue weighted by molar-refractivity contribution is -0.126. The van der Waals surface area contributed by atoms with E-state index >= 15 is 0 Å². The van der Waals surface area contributed by atoms with Gasteiger partial charge in [-0.15, -0.1) is 0 Å². The Morgan fingerprint density at radius 3 is 2.42 bits per heavy atom. The Labute approximate surface area is 119 Å². The summed E-state index contributed by atoms with van der Waals surface area (Å²) in [7, 11) is 0. The van der Waals surface area contributed by atoms with Gasteiger partial charge in [-0.1, -0.05) is 47.5 Å². The first-order valence-corrected chi connectivity index (χ1v) is 8.31. The third-order valence-electron chi connectivity index (χ3n) is 5.05. The van der Waals surface area contributed by atoms with Crippen molar-refractivity contribution in [2.45, 2.75) is 84.9 Å². The summed E-state index contributed by atoms with van der Waals surface area (Å²) in [5, 5.41) is 3.90. The van der Waals surface area contributed by atoms with Gasteiger partial charge in [0.05, 0.1) is 6.10 Å². The zero-order valence-electron chi connectivity index (χ0n) is 13.5. The first kappa shape index (κ1) is 15.3. The Bertz CT molecular complexity index is 283. The van der Waals surface area contributed by atoms with E-state index in [-0.39, 0.29) is 0 Å². The van der Waals surface area contributed by atoms with E-state index in [9.17, 15) is 0 Å². The van der Waals surface area contributed by atoms with E-state index in [0.717, 1.165) is 18.6 Å². The molecular weight excluding hydrogens is 234 g/mol. The molecule has 2 rings (SSSR count). The van der Waals surface area contributed by atoms with Gasteiger partial charge in [0.2, 0.25) is 0 Å². The number of hydrogen-bond acceptors (Lipinski definition) is 2. The maximum absolute atomic E-state index is 6.05. The van der Waals surface area contributed by atoms with Crippen molar-refractivity contribution in [3.8, 4) is 0 Å². The molecule has 112 valence electrons. The molecule has 0 bridgehead atoms. The SMILES string of the molecule is CCC(CC1CC1)NC1CC(OCC(C)C)C1(C)C. The summed E-state index contributed by atoms with van der Waals surface area (Å²) in [4.78, 5) is 0. The zero-order valence-corrected chi connectivity index (χ0v) is 13.5. The van der Waals surface area contributed by atoms with Crippen molar-refractivity contribution < 1.29 is 4.74 Å². The Morgan fingerprint density at radius 2 is 1.95 bits per heavy atom. The van der Waals surface area contributed by atoms with Crippen LogP contribution in [0.5, 0.6) is 0 Å². The molecule has 0 heterocycles. The van der Waals surface area contributed by atoms with E-state index in [2.05, 4.69) is 39.9 Å². The van der Waals surface area contributed by atoms with Gasteiger partial charge in [-0.25, -0.2) is 0 Å². The predicted molar refractivity (Wildman–Crippen MR) is 81.3 cm³/mol. The third kappa shape index (κ3) is 3.95. The van der Waals surface area contributed by atoms with Gasteiger partial charge in [0.15, 0.2) is 0 Å². The van der Waals surface area contributed by atoms with Gasteiger partial charge in [-0.05, 0) is 31.1 Å². The molecule has 0 aliphatic heterocycles. The second-order valence-corrected chi connectivity index (χ2v) is 7.78. The van der Waals surface area contributed by atoms with Crippen molar-refractivity contribution in [1.29, 1.82) is 0 Å². The molecule has 0 radical (unpaired) electrons. The van der Waals surface area contributed by atoms with E-state index in [1.165, 1.54) is 32.1 Å². The minimum Gasteiger partial charge on any atom is -0.377 e. The van der Waals surface area contributed by atoms with Gasteiger partial charge in [-0.2, -0.15) is 0 Å². The van der Waals surface area contributed by atoms with Crippen molar-refractivity contribution in [3.05, 3.63) is 0 Å². The first-order chi connectivity index (χ1) is 8.93. The maximum atomic E-state index is 6.05. The highest BCUT2D eigenvalue weighted by Crippen LogP contribution is 2.44. The lowest BCUT2D eigenvalue weighted by Crippen LogP contribution is -2.62. The fraction of sp³-hybridized carbons (Fsp3) is 1.00. The van der Waals surface area contributed by atoms with Crippen LogP contribution in [0.1, 0.15) is 66.7 Å². The van der Waals surface area contributed by atoms with Gasteiger partial charge >= 0.3 is 0 Å². The highest BCUT2D eigenvalue weighted by molar-refractivity contribution is 5.04. The van der Waals surface area contributed by atoms with Crippen LogP contribution in [-0.2, 0) is 4.74 Å². The quantitative estimate of drug-likeness (QED) is 0.718. The van der Waals surface area contributed by atoms with E-state index in [4.69, 9.17) is 4.74 Å². The Hall–Kier alpha value is -0.0800. The average molecular weight is 267 g/mol. The van der Waals surface area contributed by atoms with Crippen LogP contribution in [0.25, 0.3) is 0 Å². The van der Waals surface area contributed by atoms with E-state index in [1.54, 1.807) is 0 Å². The van der Waals surface area contributed by atoms with Crippen LogP contribution in [0.2, 0.25) is 0 Å². The summed E-state index contributed by atoms with van der Waals surface area (Å²) in [6, 6.07) is 1.37. The summed E-state index contributed by atoms with van der Waals surface area (Å²) in [5.74, 6) is 1.66. The summed E-state index contributed by atoms with van der Waals surface area (Å²) in [5.41, 5.74) is 0.297. The molecule has 1 N–H and O–H groups in total. The molecule has 3 atom stereocenters. The van der Waals surface area contributed by atoms with Crippen LogP contribution < -0.4 is 5.32 Å². The molecule has 0 aromatic carbocycles. The summed E-state index contributed by atoms with van der Waals surface area (Å²) in [6.07, 6.45) is 7.23. The third-order valence-corrected chi connectivity index (χ3v) is 5.05. The average Bonchev–Trinajstić information content (AvgIpc) is 3.14. The van der Waals surface area contributed by atoms with E-state index < -0.39 is 0 Å². The van der Waals surface area contributed by atoms with Crippen molar-refractivity contribution in [2.75, 3.05) is 6.61 Å². The molecule has 0 spiro atoms. The molecule has 0 aromatic heterocycles. The van der Waals surface area contributed by atoms with Crippen LogP contribution in [-0.4, -0.2) is 24.8 Å². The zero-order chi connectivity index (χ0) is 14.0. The van der Waals surface area contributed by atoms with Crippen molar-refractivity contribution >= 4 is 0 Å². The van der Waals surface area contributed by atoms with Gasteiger partial charge in [0.25, 0.3) is 0 Å². The Kier molecular flexibility index (Phi) is 4.94. The molecule has 2 heteroatoms. The van der Waals surface area contributed by atoms with Crippen LogP contribution in [0, 0.1) is 17.3 Å². The van der Waals surface area contributed by atoms with Gasteiger partial charge in [0, 0.05) is 24.1 Å². The monoisotopic (exact) mass is 267 g/mol. The summed E-state index contributed by atoms with van der Waals surface area (Å²) < 4.78 is 6.05. The maximum Gasteiger partial charge on any atom is 0.0656 e. The highest BCUT2D eigenvalue weighted by Gasteiger charge is 2.49. The Balaban J connectivity index is 1.75. The fourth-order valence-electron chi connectivity index (χ4n) is 3.15. The van der Waals surface area contributed by atoms with Crippen LogP contribution in [0.15, 0.2) is 0 Å². The number of hydrogen-bond donors (Lipinski definition) is 1. The lowest BCUT2D eigenvalue weighted by atomic mass is 9.64. The molecule has 0 saturated heterocycles. The minimum atomic E-state index is 0.297. The van der Waals surface area contributed by atoms with Gasteiger partial charge in [0.1, 0.15) is 0 Å². The molecule has 3 unspecified atom stereocenters. The van der Waals surface area contributed by atoms with E-state index in [0.29, 0.717) is 23.5 Å². The molecule has 2 nitrogen and oxygen atoms in total. The standard InChI is InChI=1S/C17H33NO/c1-6-14(9-13-7-8-13)18-15-10-16(17(15,4)5)19-11-12(2)3/h12-16,18H,6-11H2,1-5H3. The normalized spacial score (nSPS) is 31.3. The van der Waals surface area contributed by atoms with Crippen molar-refractivity contribution in [2.24, 2.45) is 17.3 Å². The first-order valence-electron chi connectivity index (χ1n) is 8.31. The lowest BCUT2D eigenvalue weighted by Gasteiger charge is -2.53. The van der Waals surface area contributed by atoms with Crippen LogP contribution >= 0.6 is 0 Å². The Morgan fingerprint density at radius 1 is 1.26 bits per heavy atom. The fourth-order valence-corrected chi connectivity index (χ4v) is 3.15. The second kappa shape index (κ2) is 6.13. The topological polar surface area (TPSA) is 21.3 Å². The highest BCUT2D eigenvalue weighted by atomic mass is 16.5. The molecule has 0 aromatic rings. The van der Waals surface area contributed by atoms with E-state index in [1.807, 2.05) is 0 Å². The van der Waals surface area contributed by atoms with Gasteiger partial charge in [-0.3, -0.25) is 0 Å². The molecule has 2 saturated carbocycles. The minimum absolute atomic E-state index is 0.297. The molecule has 0 amide bonds. The molecule has 2 aliphatic rings. The molecule has 19 heavy (non-hydrogen) atoms. The summed E-state index contributed by atoms with van der Waals surface area (Å²) in [6.45, 7) is 12.4. The largest absolute Gasteiger partial charge is 0.377 e. The molecule has 2 aliphatic carbocycles. The number of ether oxygens (including phenoxy) is 1. The van der Waals surface area contributed by atoms with Crippen molar-refractivity contribution in [3.63, 3.8) is 0 Å². The van der Waals surface area contributed by atoms with Gasteiger partial charge < -0.3 is 10.1 Å². The number of nitrogens with one attached hydrogen (secondary N) is 1. The second-order valence-electron chi connectivity index (χ2n) is 7.78. The summed E-state index contributed by atoms with van der Waals surface area (Å²) >= 11 is 0. The van der Waals surface area contributed by atoms with Crippen LogP contribution in [0.3, 0.4) is 0 Å². The predicted octanol–water partition coefficient (Wildman–Crippen LogP) is 3.99. The van der Waals surface area contributed by atoms with Crippen molar-refractivity contribution in [1.82, 2.24) is 5.32 Å². The smallest absolute Gasteiger partial charge is 0.0656 e. The molecule has 2 fully saturated rings. The number of rotatable bonds is 8. The molecular formula is C17H33NO. The van der Waals surface area contributed by atoms with Crippen LogP contribution in [0.4, 0.5) is 0 Å².